The van der Waals surface area contributed by atoms with Crippen LogP contribution in [0.5, 0.6) is 11.5 Å². The Morgan fingerprint density at radius 3 is 2.48 bits per heavy atom. The molecule has 0 fully saturated rings. The van der Waals surface area contributed by atoms with Gasteiger partial charge in [-0.05, 0) is 24.3 Å². The fourth-order valence-electron chi connectivity index (χ4n) is 1.74. The van der Waals surface area contributed by atoms with Crippen molar-refractivity contribution in [2.24, 2.45) is 0 Å². The number of para-hydroxylation sites is 1. The molecule has 0 aliphatic heterocycles. The summed E-state index contributed by atoms with van der Waals surface area (Å²) >= 11 is 0. The molecule has 0 aliphatic carbocycles. The summed E-state index contributed by atoms with van der Waals surface area (Å²) in [6, 6.07) is 12.7. The molecule has 5 heteroatoms. The Labute approximate surface area is 121 Å². The normalized spacial score (nSPS) is 10.1. The largest absolute Gasteiger partial charge is 0.493 e. The minimum Gasteiger partial charge on any atom is -0.493 e. The summed E-state index contributed by atoms with van der Waals surface area (Å²) in [5.74, 6) is -0.891. The fourth-order valence-corrected chi connectivity index (χ4v) is 1.74. The zero-order chi connectivity index (χ0) is 15.1. The maximum Gasteiger partial charge on any atom is 0.339 e. The first kappa shape index (κ1) is 14.8. The topological polar surface area (TPSA) is 55.8 Å². The summed E-state index contributed by atoms with van der Waals surface area (Å²) in [4.78, 5) is 11.0. The van der Waals surface area contributed by atoms with Gasteiger partial charge in [-0.2, -0.15) is 0 Å². The molecule has 2 aromatic rings. The highest BCUT2D eigenvalue weighted by Crippen LogP contribution is 2.20. The molecular weight excluding hydrogens is 275 g/mol. The van der Waals surface area contributed by atoms with E-state index in [4.69, 9.17) is 14.6 Å². The van der Waals surface area contributed by atoms with Gasteiger partial charge in [0.2, 0.25) is 0 Å². The average Bonchev–Trinajstić information content (AvgIpc) is 2.48. The smallest absolute Gasteiger partial charge is 0.339 e. The molecule has 1 N–H and O–H groups in total. The molecule has 0 spiro atoms. The zero-order valence-corrected chi connectivity index (χ0v) is 11.3. The van der Waals surface area contributed by atoms with Crippen molar-refractivity contribution in [3.05, 3.63) is 59.9 Å². The van der Waals surface area contributed by atoms with Crippen LogP contribution in [0.2, 0.25) is 0 Å². The maximum atomic E-state index is 13.1. The van der Waals surface area contributed by atoms with E-state index in [-0.39, 0.29) is 17.9 Å². The molecule has 21 heavy (non-hydrogen) atoms. The Balaban J connectivity index is 1.81. The summed E-state index contributed by atoms with van der Waals surface area (Å²) in [5, 5.41) is 8.98. The molecule has 0 saturated heterocycles. The van der Waals surface area contributed by atoms with Gasteiger partial charge in [-0.15, -0.1) is 0 Å². The number of benzene rings is 2. The molecule has 0 unspecified atom stereocenters. The predicted octanol–water partition coefficient (Wildman–Crippen LogP) is 3.37. The second-order valence-corrected chi connectivity index (χ2v) is 4.31. The van der Waals surface area contributed by atoms with Crippen LogP contribution < -0.4 is 9.47 Å². The molecule has 4 nitrogen and oxygen atoms in total. The zero-order valence-electron chi connectivity index (χ0n) is 11.3. The molecule has 0 heterocycles. The molecule has 0 saturated carbocycles. The molecular formula is C16H15FO4. The van der Waals surface area contributed by atoms with Crippen LogP contribution in [0.1, 0.15) is 16.8 Å². The molecule has 0 amide bonds. The van der Waals surface area contributed by atoms with E-state index in [1.54, 1.807) is 0 Å². The van der Waals surface area contributed by atoms with E-state index in [2.05, 4.69) is 0 Å². The first-order valence-corrected chi connectivity index (χ1v) is 6.50. The van der Waals surface area contributed by atoms with E-state index < -0.39 is 11.8 Å². The van der Waals surface area contributed by atoms with Gasteiger partial charge < -0.3 is 14.6 Å². The van der Waals surface area contributed by atoms with Crippen LogP contribution in [0.25, 0.3) is 0 Å². The second kappa shape index (κ2) is 7.28. The van der Waals surface area contributed by atoms with Gasteiger partial charge in [0.05, 0.1) is 13.2 Å². The lowest BCUT2D eigenvalue weighted by molar-refractivity contribution is 0.0692. The summed E-state index contributed by atoms with van der Waals surface area (Å²) in [6.45, 7) is 0.679. The lowest BCUT2D eigenvalue weighted by atomic mass is 10.2. The predicted molar refractivity (Wildman–Crippen MR) is 75.4 cm³/mol. The molecule has 2 aromatic carbocycles. The van der Waals surface area contributed by atoms with Gasteiger partial charge in [-0.3, -0.25) is 0 Å². The van der Waals surface area contributed by atoms with Gasteiger partial charge in [0.15, 0.2) is 0 Å². The first-order valence-electron chi connectivity index (χ1n) is 6.50. The molecule has 0 bridgehead atoms. The maximum absolute atomic E-state index is 13.1. The van der Waals surface area contributed by atoms with Gasteiger partial charge in [-0.1, -0.05) is 18.2 Å². The van der Waals surface area contributed by atoms with E-state index in [1.165, 1.54) is 6.07 Å². The average molecular weight is 290 g/mol. The van der Waals surface area contributed by atoms with E-state index in [0.29, 0.717) is 13.0 Å². The minimum absolute atomic E-state index is 0.0298. The number of halogens is 1. The Kier molecular flexibility index (Phi) is 5.15. The van der Waals surface area contributed by atoms with Crippen LogP contribution in [-0.4, -0.2) is 24.3 Å². The van der Waals surface area contributed by atoms with Gasteiger partial charge in [0.1, 0.15) is 22.9 Å². The van der Waals surface area contributed by atoms with Crippen LogP contribution in [0.3, 0.4) is 0 Å². The SMILES string of the molecule is O=C(O)c1ccc(F)cc1OCCCOc1ccccc1. The fraction of sp³-hybridized carbons (Fsp3) is 0.188. The number of hydrogen-bond acceptors (Lipinski definition) is 3. The van der Waals surface area contributed by atoms with E-state index >= 15 is 0 Å². The van der Waals surface area contributed by atoms with Crippen LogP contribution in [0.15, 0.2) is 48.5 Å². The molecule has 0 atom stereocenters. The van der Waals surface area contributed by atoms with Crippen LogP contribution >= 0.6 is 0 Å². The Bertz CT molecular complexity index is 598. The van der Waals surface area contributed by atoms with Crippen molar-refractivity contribution in [1.82, 2.24) is 0 Å². The quantitative estimate of drug-likeness (QED) is 0.794. The number of carboxylic acid groups (broad SMARTS) is 1. The van der Waals surface area contributed by atoms with Crippen molar-refractivity contribution in [3.8, 4) is 11.5 Å². The number of hydrogen-bond donors (Lipinski definition) is 1. The summed E-state index contributed by atoms with van der Waals surface area (Å²) in [7, 11) is 0. The molecule has 0 radical (unpaired) electrons. The number of carboxylic acids is 1. The third-order valence-corrected chi connectivity index (χ3v) is 2.73. The minimum atomic E-state index is -1.15. The van der Waals surface area contributed by atoms with Crippen molar-refractivity contribution in [2.75, 3.05) is 13.2 Å². The monoisotopic (exact) mass is 290 g/mol. The van der Waals surface area contributed by atoms with Gasteiger partial charge in [0.25, 0.3) is 0 Å². The van der Waals surface area contributed by atoms with Gasteiger partial charge in [-0.25, -0.2) is 9.18 Å². The number of carbonyl (C=O) groups is 1. The highest BCUT2D eigenvalue weighted by molar-refractivity contribution is 5.90. The second-order valence-electron chi connectivity index (χ2n) is 4.31. The number of ether oxygens (including phenoxy) is 2. The summed E-state index contributed by atoms with van der Waals surface area (Å²) < 4.78 is 23.9. The molecule has 0 aromatic heterocycles. The van der Waals surface area contributed by atoms with Crippen molar-refractivity contribution in [2.45, 2.75) is 6.42 Å². The first-order chi connectivity index (χ1) is 10.2. The lowest BCUT2D eigenvalue weighted by Gasteiger charge is -2.10. The summed E-state index contributed by atoms with van der Waals surface area (Å²) in [5.41, 5.74) is -0.0552. The third kappa shape index (κ3) is 4.49. The van der Waals surface area contributed by atoms with Gasteiger partial charge >= 0.3 is 5.97 Å². The lowest BCUT2D eigenvalue weighted by Crippen LogP contribution is -2.08. The van der Waals surface area contributed by atoms with E-state index in [1.807, 2.05) is 30.3 Å². The standard InChI is InChI=1S/C16H15FO4/c17-12-7-8-14(16(18)19)15(11-12)21-10-4-9-20-13-5-2-1-3-6-13/h1-3,5-8,11H,4,9-10H2,(H,18,19). The van der Waals surface area contributed by atoms with Crippen LogP contribution in [0.4, 0.5) is 4.39 Å². The van der Waals surface area contributed by atoms with Crippen molar-refractivity contribution in [1.29, 1.82) is 0 Å². The van der Waals surface area contributed by atoms with Crippen LogP contribution in [0, 0.1) is 5.82 Å². The highest BCUT2D eigenvalue weighted by atomic mass is 19.1. The molecule has 2 rings (SSSR count). The molecule has 110 valence electrons. The third-order valence-electron chi connectivity index (χ3n) is 2.73. The Hall–Kier alpha value is -2.56. The number of rotatable bonds is 7. The van der Waals surface area contributed by atoms with Gasteiger partial charge in [0, 0.05) is 12.5 Å². The Morgan fingerprint density at radius 1 is 1.05 bits per heavy atom. The van der Waals surface area contributed by atoms with Crippen LogP contribution in [-0.2, 0) is 0 Å². The van der Waals surface area contributed by atoms with Crippen molar-refractivity contribution < 1.29 is 23.8 Å². The van der Waals surface area contributed by atoms with E-state index in [9.17, 15) is 9.18 Å². The Morgan fingerprint density at radius 2 is 1.76 bits per heavy atom. The van der Waals surface area contributed by atoms with Crippen molar-refractivity contribution in [3.63, 3.8) is 0 Å². The van der Waals surface area contributed by atoms with E-state index in [0.717, 1.165) is 17.9 Å². The summed E-state index contributed by atoms with van der Waals surface area (Å²) in [6.07, 6.45) is 0.560. The highest BCUT2D eigenvalue weighted by Gasteiger charge is 2.12. The van der Waals surface area contributed by atoms with Crippen molar-refractivity contribution >= 4 is 5.97 Å². The number of aromatic carboxylic acids is 1. The molecule has 0 aliphatic rings.